The van der Waals surface area contributed by atoms with Crippen LogP contribution in [0.1, 0.15) is 24.9 Å². The number of hydroxylamine groups is 1. The largest absolute Gasteiger partial charge is 0.504 e. The highest BCUT2D eigenvalue weighted by Gasteiger charge is 2.54. The molecule has 0 spiro atoms. The van der Waals surface area contributed by atoms with Crippen molar-refractivity contribution in [3.8, 4) is 22.6 Å². The van der Waals surface area contributed by atoms with Gasteiger partial charge in [0.1, 0.15) is 33.7 Å². The van der Waals surface area contributed by atoms with E-state index in [-0.39, 0.29) is 51.7 Å². The number of amides is 3. The Hall–Kier alpha value is -4.92. The number of nitrogen functional groups attached to an aromatic ring is 1. The normalized spacial score (nSPS) is 18.1. The Morgan fingerprint density at radius 2 is 2.02 bits per heavy atom. The molecule has 1 fully saturated rings. The number of aliphatic carboxylic acids is 1. The second kappa shape index (κ2) is 14.5. The van der Waals surface area contributed by atoms with Crippen molar-refractivity contribution in [3.63, 3.8) is 0 Å². The Labute approximate surface area is 284 Å². The first kappa shape index (κ1) is 34.4. The van der Waals surface area contributed by atoms with E-state index in [1.165, 1.54) is 46.5 Å². The zero-order valence-corrected chi connectivity index (χ0v) is 27.6. The number of hydrogen-bond acceptors (Lipinski definition) is 16. The summed E-state index contributed by atoms with van der Waals surface area (Å²) < 4.78 is 0. The van der Waals surface area contributed by atoms with Crippen LogP contribution in [0.5, 0.6) is 11.5 Å². The number of oxime groups is 1. The minimum Gasteiger partial charge on any atom is -0.504 e. The number of nitrogens with one attached hydrogen (secondary N) is 2. The number of β-lactam (4-membered cyclic amide) rings is 1. The van der Waals surface area contributed by atoms with Gasteiger partial charge in [-0.2, -0.15) is 0 Å². The maximum atomic E-state index is 13.4. The number of carboxylic acid groups (broad SMARTS) is 1. The number of aromatic nitrogens is 3. The summed E-state index contributed by atoms with van der Waals surface area (Å²) >= 11 is 3.49. The number of nitrogens with zero attached hydrogens (tertiary/aromatic N) is 5. The van der Waals surface area contributed by atoms with Gasteiger partial charge in [0, 0.05) is 28.6 Å². The molecule has 3 atom stereocenters. The maximum Gasteiger partial charge on any atom is 0.352 e. The van der Waals surface area contributed by atoms with Gasteiger partial charge in [0.15, 0.2) is 22.3 Å². The predicted molar refractivity (Wildman–Crippen MR) is 174 cm³/mol. The molecule has 48 heavy (non-hydrogen) atoms. The van der Waals surface area contributed by atoms with E-state index in [0.29, 0.717) is 27.6 Å². The van der Waals surface area contributed by atoms with Crippen LogP contribution < -0.4 is 16.5 Å². The second-order valence-electron chi connectivity index (χ2n) is 10.2. The molecular formula is C28H28N8O9S3. The summed E-state index contributed by atoms with van der Waals surface area (Å²) in [4.78, 5) is 70.1. The molecule has 0 radical (unpaired) electrons. The number of aryl methyl sites for hydroxylation is 1. The lowest BCUT2D eigenvalue weighted by molar-refractivity contribution is -0.150. The van der Waals surface area contributed by atoms with Crippen molar-refractivity contribution < 1.29 is 44.5 Å². The standard InChI is InChI=1S/C28H28N8O9S3/c1-3-18(22(39)34-44)45-35-19(15-10-48-28(29)32-15)23(40)33-20-25(41)36-21(27(42)43)13(9-47-26(20)36)8-46-24-14(7-30-11(2)31-24)12-4-5-16(37)17(38)6-12/h4-7,10,18,20,26,37-38,44H,3,8-9H2,1-2H3,(H2,29,32)(H,33,40)(H,34,39)(H,42,43)/t18?,20-,26-/m1/s1. The van der Waals surface area contributed by atoms with Gasteiger partial charge in [-0.1, -0.05) is 18.1 Å². The van der Waals surface area contributed by atoms with Crippen LogP contribution in [0.25, 0.3) is 11.1 Å². The molecule has 2 aliphatic heterocycles. The number of nitrogens with two attached hydrogens (primary N) is 1. The molecule has 17 nitrogen and oxygen atoms in total. The van der Waals surface area contributed by atoms with Crippen LogP contribution >= 0.6 is 34.9 Å². The summed E-state index contributed by atoms with van der Waals surface area (Å²) in [6.45, 7) is 3.28. The fraction of sp³-hybridized carbons (Fsp3) is 0.286. The van der Waals surface area contributed by atoms with E-state index in [1.807, 2.05) is 0 Å². The number of phenols is 2. The molecular weight excluding hydrogens is 689 g/mol. The predicted octanol–water partition coefficient (Wildman–Crippen LogP) is 1.44. The number of carboxylic acids is 1. The van der Waals surface area contributed by atoms with Crippen LogP contribution in [0.15, 0.2) is 51.2 Å². The van der Waals surface area contributed by atoms with Crippen LogP contribution in [0, 0.1) is 6.92 Å². The van der Waals surface area contributed by atoms with Crippen LogP contribution in [0.3, 0.4) is 0 Å². The highest BCUT2D eigenvalue weighted by Crippen LogP contribution is 2.42. The number of aromatic hydroxyl groups is 2. The number of hydrogen-bond donors (Lipinski definition) is 7. The number of carbonyl (C=O) groups is 4. The van der Waals surface area contributed by atoms with Crippen molar-refractivity contribution in [1.82, 2.24) is 30.6 Å². The van der Waals surface area contributed by atoms with Gasteiger partial charge in [0.25, 0.3) is 17.7 Å². The number of rotatable bonds is 12. The molecule has 20 heteroatoms. The minimum absolute atomic E-state index is 0.0152. The Bertz CT molecular complexity index is 1850. The number of carbonyl (C=O) groups excluding carboxylic acids is 3. The molecule has 2 aliphatic rings. The minimum atomic E-state index is -1.32. The molecule has 4 heterocycles. The van der Waals surface area contributed by atoms with Gasteiger partial charge in [-0.05, 0) is 36.6 Å². The van der Waals surface area contributed by atoms with Crippen molar-refractivity contribution in [3.05, 3.63) is 52.6 Å². The van der Waals surface area contributed by atoms with E-state index in [1.54, 1.807) is 26.1 Å². The topological polar surface area (TPSA) is 263 Å². The Morgan fingerprint density at radius 3 is 2.67 bits per heavy atom. The molecule has 1 unspecified atom stereocenters. The Kier molecular flexibility index (Phi) is 10.4. The number of thiazole rings is 1. The van der Waals surface area contributed by atoms with Crippen molar-refractivity contribution in [1.29, 1.82) is 0 Å². The highest BCUT2D eigenvalue weighted by molar-refractivity contribution is 8.01. The molecule has 3 aromatic rings. The monoisotopic (exact) mass is 716 g/mol. The highest BCUT2D eigenvalue weighted by atomic mass is 32.2. The number of phenolic OH excluding ortho intramolecular Hbond substituents is 2. The lowest BCUT2D eigenvalue weighted by atomic mass is 10.0. The van der Waals surface area contributed by atoms with Crippen LogP contribution in [-0.2, 0) is 24.0 Å². The van der Waals surface area contributed by atoms with Crippen molar-refractivity contribution >= 4 is 69.4 Å². The van der Waals surface area contributed by atoms with E-state index in [9.17, 15) is 34.5 Å². The maximum absolute atomic E-state index is 13.4. The van der Waals surface area contributed by atoms with Gasteiger partial charge in [0.05, 0.1) is 0 Å². The zero-order valence-electron chi connectivity index (χ0n) is 25.1. The van der Waals surface area contributed by atoms with Gasteiger partial charge in [-0.3, -0.25) is 24.5 Å². The molecule has 1 saturated heterocycles. The van der Waals surface area contributed by atoms with E-state index in [2.05, 4.69) is 25.4 Å². The van der Waals surface area contributed by atoms with Crippen molar-refractivity contribution in [2.24, 2.45) is 5.16 Å². The third-order valence-corrected chi connectivity index (χ3v) is 10.2. The molecule has 0 saturated carbocycles. The summed E-state index contributed by atoms with van der Waals surface area (Å²) in [6, 6.07) is 3.16. The SMILES string of the molecule is CCC(ON=C(C(=O)N[C@@H]1C(=O)N2C(C(=O)O)=C(CSc3nc(C)ncc3-c3ccc(O)c(O)c3)CS[C@H]12)c1csc(N)n1)C(=O)NO. The van der Waals surface area contributed by atoms with Crippen molar-refractivity contribution in [2.75, 3.05) is 17.2 Å². The molecule has 8 N–H and O–H groups in total. The van der Waals surface area contributed by atoms with Gasteiger partial charge in [0.2, 0.25) is 6.10 Å². The quantitative estimate of drug-likeness (QED) is 0.0266. The fourth-order valence-electron chi connectivity index (χ4n) is 4.70. The van der Waals surface area contributed by atoms with Crippen LogP contribution in [-0.4, -0.2) is 98.8 Å². The summed E-state index contributed by atoms with van der Waals surface area (Å²) in [5.41, 5.74) is 8.13. The van der Waals surface area contributed by atoms with Crippen molar-refractivity contribution in [2.45, 2.75) is 42.8 Å². The van der Waals surface area contributed by atoms with Gasteiger partial charge in [-0.15, -0.1) is 34.9 Å². The Balaban J connectivity index is 1.34. The third kappa shape index (κ3) is 7.00. The zero-order chi connectivity index (χ0) is 34.7. The lowest BCUT2D eigenvalue weighted by Gasteiger charge is -2.49. The molecule has 5 rings (SSSR count). The van der Waals surface area contributed by atoms with E-state index >= 15 is 0 Å². The number of thioether (sulfide) groups is 2. The van der Waals surface area contributed by atoms with Crippen LogP contribution in [0.4, 0.5) is 5.13 Å². The molecule has 0 bridgehead atoms. The number of fused-ring (bicyclic) bond motifs is 1. The lowest BCUT2D eigenvalue weighted by Crippen LogP contribution is -2.71. The van der Waals surface area contributed by atoms with E-state index < -0.39 is 41.2 Å². The first-order valence-corrected chi connectivity index (χ1v) is 16.9. The van der Waals surface area contributed by atoms with E-state index in [4.69, 9.17) is 15.8 Å². The number of anilines is 1. The molecule has 0 aliphatic carbocycles. The second-order valence-corrected chi connectivity index (χ2v) is 13.2. The smallest absolute Gasteiger partial charge is 0.352 e. The van der Waals surface area contributed by atoms with Crippen LogP contribution in [0.2, 0.25) is 0 Å². The van der Waals surface area contributed by atoms with Gasteiger partial charge < -0.3 is 31.2 Å². The fourth-order valence-corrected chi connectivity index (χ4v) is 7.80. The molecule has 252 valence electrons. The van der Waals surface area contributed by atoms with Gasteiger partial charge in [-0.25, -0.2) is 25.2 Å². The average molecular weight is 717 g/mol. The first-order chi connectivity index (χ1) is 22.9. The summed E-state index contributed by atoms with van der Waals surface area (Å²) in [5.74, 6) is -3.55. The molecule has 2 aromatic heterocycles. The average Bonchev–Trinajstić information content (AvgIpc) is 3.50. The first-order valence-electron chi connectivity index (χ1n) is 14.0. The van der Waals surface area contributed by atoms with E-state index in [0.717, 1.165) is 16.2 Å². The molecule has 3 amide bonds. The van der Waals surface area contributed by atoms with Gasteiger partial charge >= 0.3 is 5.97 Å². The summed E-state index contributed by atoms with van der Waals surface area (Å²) in [5, 5.41) is 46.5. The Morgan fingerprint density at radius 1 is 1.25 bits per heavy atom. The molecule has 1 aromatic carbocycles. The summed E-state index contributed by atoms with van der Waals surface area (Å²) in [6.07, 6.45) is 0.425. The number of benzene rings is 1. The summed E-state index contributed by atoms with van der Waals surface area (Å²) in [7, 11) is 0. The third-order valence-electron chi connectivity index (χ3n) is 7.10.